The van der Waals surface area contributed by atoms with E-state index in [0.717, 1.165) is 31.6 Å². The van der Waals surface area contributed by atoms with Crippen molar-refractivity contribution in [1.82, 2.24) is 30.2 Å². The summed E-state index contributed by atoms with van der Waals surface area (Å²) in [5.41, 5.74) is 1.01. The minimum Gasteiger partial charge on any atom is -0.467 e. The van der Waals surface area contributed by atoms with E-state index < -0.39 is 0 Å². The van der Waals surface area contributed by atoms with E-state index in [1.807, 2.05) is 6.92 Å². The molecular weight excluding hydrogens is 322 g/mol. The molecule has 0 saturated carbocycles. The zero-order valence-electron chi connectivity index (χ0n) is 14.4. The Labute approximate surface area is 145 Å². The van der Waals surface area contributed by atoms with Crippen molar-refractivity contribution in [3.8, 4) is 6.01 Å². The third kappa shape index (κ3) is 4.37. The van der Waals surface area contributed by atoms with Gasteiger partial charge in [0, 0.05) is 19.3 Å². The molecule has 9 nitrogen and oxygen atoms in total. The maximum Gasteiger partial charge on any atom is 0.321 e. The Bertz CT molecular complexity index is 730. The molecule has 1 saturated heterocycles. The fourth-order valence-electron chi connectivity index (χ4n) is 2.55. The number of aromatic nitrogens is 5. The van der Waals surface area contributed by atoms with Crippen molar-refractivity contribution in [1.29, 1.82) is 0 Å². The molecule has 132 valence electrons. The SMILES string of the molecule is COc1nc(CNC(=O)c2cnc(C)cn2)nc(N2CCCCC2)n1. The van der Waals surface area contributed by atoms with Crippen molar-refractivity contribution in [3.63, 3.8) is 0 Å². The number of hydrogen-bond donors (Lipinski definition) is 1. The van der Waals surface area contributed by atoms with Gasteiger partial charge in [0.25, 0.3) is 5.91 Å². The predicted molar refractivity (Wildman–Crippen MR) is 90.4 cm³/mol. The molecule has 25 heavy (non-hydrogen) atoms. The molecule has 3 heterocycles. The van der Waals surface area contributed by atoms with Gasteiger partial charge >= 0.3 is 6.01 Å². The minimum atomic E-state index is -0.327. The zero-order valence-corrected chi connectivity index (χ0v) is 14.4. The first-order valence-electron chi connectivity index (χ1n) is 8.26. The number of rotatable bonds is 5. The lowest BCUT2D eigenvalue weighted by Crippen LogP contribution is -2.32. The number of nitrogens with one attached hydrogen (secondary N) is 1. The summed E-state index contributed by atoms with van der Waals surface area (Å²) in [5, 5.41) is 2.75. The number of hydrogen-bond acceptors (Lipinski definition) is 8. The van der Waals surface area contributed by atoms with E-state index in [4.69, 9.17) is 4.74 Å². The average molecular weight is 343 g/mol. The van der Waals surface area contributed by atoms with Crippen molar-refractivity contribution in [2.45, 2.75) is 32.7 Å². The Kier molecular flexibility index (Phi) is 5.32. The molecule has 0 bridgehead atoms. The van der Waals surface area contributed by atoms with Crippen LogP contribution in [-0.4, -0.2) is 51.0 Å². The van der Waals surface area contributed by atoms with Gasteiger partial charge in [0.05, 0.1) is 25.5 Å². The summed E-state index contributed by atoms with van der Waals surface area (Å²) in [4.78, 5) is 35.4. The Hall–Kier alpha value is -2.84. The maximum absolute atomic E-state index is 12.1. The number of ether oxygens (including phenoxy) is 1. The van der Waals surface area contributed by atoms with Crippen LogP contribution in [-0.2, 0) is 6.54 Å². The van der Waals surface area contributed by atoms with Crippen molar-refractivity contribution >= 4 is 11.9 Å². The van der Waals surface area contributed by atoms with Gasteiger partial charge in [-0.25, -0.2) is 4.98 Å². The standard InChI is InChI=1S/C16H21N7O2/c1-11-8-18-12(9-17-11)14(24)19-10-13-20-15(22-16(21-13)25-2)23-6-4-3-5-7-23/h8-9H,3-7,10H2,1-2H3,(H,19,24). The lowest BCUT2D eigenvalue weighted by atomic mass is 10.1. The Morgan fingerprint density at radius 3 is 2.64 bits per heavy atom. The number of methoxy groups -OCH3 is 1. The van der Waals surface area contributed by atoms with Crippen molar-refractivity contribution < 1.29 is 9.53 Å². The average Bonchev–Trinajstić information content (AvgIpc) is 2.67. The molecule has 0 radical (unpaired) electrons. The van der Waals surface area contributed by atoms with Gasteiger partial charge in [-0.1, -0.05) is 0 Å². The largest absolute Gasteiger partial charge is 0.467 e. The van der Waals surface area contributed by atoms with Crippen LogP contribution in [0.25, 0.3) is 0 Å². The molecule has 1 amide bonds. The number of carbonyl (C=O) groups excluding carboxylic acids is 1. The summed E-state index contributed by atoms with van der Waals surface area (Å²) >= 11 is 0. The van der Waals surface area contributed by atoms with Gasteiger partial charge in [-0.2, -0.15) is 15.0 Å². The molecule has 0 spiro atoms. The summed E-state index contributed by atoms with van der Waals surface area (Å²) in [6.07, 6.45) is 6.45. The van der Waals surface area contributed by atoms with Crippen molar-refractivity contribution in [3.05, 3.63) is 29.6 Å². The first-order valence-corrected chi connectivity index (χ1v) is 8.26. The first kappa shape index (κ1) is 17.0. The van der Waals surface area contributed by atoms with Gasteiger partial charge in [0.2, 0.25) is 5.95 Å². The third-order valence-corrected chi connectivity index (χ3v) is 3.89. The number of nitrogens with zero attached hydrogens (tertiary/aromatic N) is 6. The van der Waals surface area contributed by atoms with Crippen molar-refractivity contribution in [2.75, 3.05) is 25.1 Å². The van der Waals surface area contributed by atoms with Gasteiger partial charge in [0.15, 0.2) is 5.82 Å². The number of anilines is 1. The number of amides is 1. The van der Waals surface area contributed by atoms with Gasteiger partial charge < -0.3 is 15.0 Å². The lowest BCUT2D eigenvalue weighted by Gasteiger charge is -2.26. The van der Waals surface area contributed by atoms with Crippen LogP contribution >= 0.6 is 0 Å². The Morgan fingerprint density at radius 1 is 1.16 bits per heavy atom. The zero-order chi connectivity index (χ0) is 17.6. The summed E-state index contributed by atoms with van der Waals surface area (Å²) < 4.78 is 5.17. The first-order chi connectivity index (χ1) is 12.2. The normalized spacial score (nSPS) is 14.2. The molecule has 2 aromatic heterocycles. The second-order valence-corrected chi connectivity index (χ2v) is 5.81. The second kappa shape index (κ2) is 7.82. The molecule has 1 fully saturated rings. The smallest absolute Gasteiger partial charge is 0.321 e. The van der Waals surface area contributed by atoms with Gasteiger partial charge in [-0.05, 0) is 26.2 Å². The molecule has 2 aromatic rings. The van der Waals surface area contributed by atoms with Gasteiger partial charge in [0.1, 0.15) is 5.69 Å². The van der Waals surface area contributed by atoms with Crippen LogP contribution in [0, 0.1) is 6.92 Å². The van der Waals surface area contributed by atoms with Crippen molar-refractivity contribution in [2.24, 2.45) is 0 Å². The molecule has 0 atom stereocenters. The van der Waals surface area contributed by atoms with Crippen LogP contribution in [0.2, 0.25) is 0 Å². The highest BCUT2D eigenvalue weighted by Gasteiger charge is 2.17. The molecule has 0 aliphatic carbocycles. The lowest BCUT2D eigenvalue weighted by molar-refractivity contribution is 0.0944. The summed E-state index contributed by atoms with van der Waals surface area (Å²) in [6, 6.07) is 0.245. The second-order valence-electron chi connectivity index (χ2n) is 5.81. The van der Waals surface area contributed by atoms with E-state index in [1.54, 1.807) is 6.20 Å². The molecule has 0 unspecified atom stereocenters. The molecule has 1 aliphatic rings. The number of carbonyl (C=O) groups is 1. The summed E-state index contributed by atoms with van der Waals surface area (Å²) in [5.74, 6) is 0.707. The molecule has 3 rings (SSSR count). The van der Waals surface area contributed by atoms with Gasteiger partial charge in [-0.15, -0.1) is 0 Å². The topological polar surface area (TPSA) is 106 Å². The molecule has 9 heteroatoms. The molecule has 1 N–H and O–H groups in total. The van der Waals surface area contributed by atoms with E-state index in [9.17, 15) is 4.79 Å². The van der Waals surface area contributed by atoms with Gasteiger partial charge in [-0.3, -0.25) is 9.78 Å². The highest BCUT2D eigenvalue weighted by molar-refractivity contribution is 5.91. The van der Waals surface area contributed by atoms with Crippen LogP contribution in [0.5, 0.6) is 6.01 Å². The minimum absolute atomic E-state index is 0.161. The number of piperidine rings is 1. The van der Waals surface area contributed by atoms with E-state index in [0.29, 0.717) is 11.8 Å². The van der Waals surface area contributed by atoms with E-state index in [-0.39, 0.29) is 24.2 Å². The molecular formula is C16H21N7O2. The number of aryl methyl sites for hydroxylation is 1. The van der Waals surface area contributed by atoms with Crippen LogP contribution in [0.15, 0.2) is 12.4 Å². The Balaban J connectivity index is 1.70. The van der Waals surface area contributed by atoms with E-state index in [2.05, 4.69) is 35.1 Å². The molecule has 0 aromatic carbocycles. The summed E-state index contributed by atoms with van der Waals surface area (Å²) in [7, 11) is 1.51. The fraction of sp³-hybridized carbons (Fsp3) is 0.500. The predicted octanol–water partition coefficient (Wildman–Crippen LogP) is 0.899. The van der Waals surface area contributed by atoms with Crippen LogP contribution in [0.1, 0.15) is 41.3 Å². The van der Waals surface area contributed by atoms with E-state index >= 15 is 0 Å². The highest BCUT2D eigenvalue weighted by atomic mass is 16.5. The summed E-state index contributed by atoms with van der Waals surface area (Å²) in [6.45, 7) is 3.80. The third-order valence-electron chi connectivity index (χ3n) is 3.89. The Morgan fingerprint density at radius 2 is 1.96 bits per heavy atom. The fourth-order valence-corrected chi connectivity index (χ4v) is 2.55. The van der Waals surface area contributed by atoms with Crippen LogP contribution in [0.3, 0.4) is 0 Å². The monoisotopic (exact) mass is 343 g/mol. The van der Waals surface area contributed by atoms with E-state index in [1.165, 1.54) is 19.7 Å². The quantitative estimate of drug-likeness (QED) is 0.853. The van der Waals surface area contributed by atoms with Crippen LogP contribution < -0.4 is 15.0 Å². The highest BCUT2D eigenvalue weighted by Crippen LogP contribution is 2.17. The molecule has 1 aliphatic heterocycles. The van der Waals surface area contributed by atoms with Crippen LogP contribution in [0.4, 0.5) is 5.95 Å². The maximum atomic E-state index is 12.1.